The predicted octanol–water partition coefficient (Wildman–Crippen LogP) is 3.52. The summed E-state index contributed by atoms with van der Waals surface area (Å²) in [6, 6.07) is 5.89. The first-order valence-corrected chi connectivity index (χ1v) is 7.41. The Kier molecular flexibility index (Phi) is 4.83. The van der Waals surface area contributed by atoms with Crippen LogP contribution < -0.4 is 10.6 Å². The van der Waals surface area contributed by atoms with E-state index >= 15 is 0 Å². The number of nitrogen functional groups attached to an aromatic ring is 1. The highest BCUT2D eigenvalue weighted by Gasteiger charge is 2.22. The number of unbranched alkanes of at least 4 members (excludes halogenated alkanes) is 3. The molecule has 0 bridgehead atoms. The molecule has 0 saturated heterocycles. The topological polar surface area (TPSA) is 46.3 Å². The van der Waals surface area contributed by atoms with E-state index in [1.807, 2.05) is 23.1 Å². The van der Waals surface area contributed by atoms with Gasteiger partial charge in [-0.05, 0) is 37.0 Å². The number of hydrogen-bond donors (Lipinski definition) is 1. The average molecular weight is 260 g/mol. The normalized spacial score (nSPS) is 14.3. The van der Waals surface area contributed by atoms with E-state index in [1.54, 1.807) is 0 Å². The first-order chi connectivity index (χ1) is 9.24. The maximum absolute atomic E-state index is 12.3. The second-order valence-electron chi connectivity index (χ2n) is 5.30. The van der Waals surface area contributed by atoms with Gasteiger partial charge in [0.2, 0.25) is 5.91 Å². The van der Waals surface area contributed by atoms with E-state index in [2.05, 4.69) is 6.92 Å². The number of hydrogen-bond acceptors (Lipinski definition) is 2. The van der Waals surface area contributed by atoms with Gasteiger partial charge in [0.15, 0.2) is 0 Å². The van der Waals surface area contributed by atoms with Crippen molar-refractivity contribution in [3.63, 3.8) is 0 Å². The molecule has 1 aromatic rings. The smallest absolute Gasteiger partial charge is 0.226 e. The van der Waals surface area contributed by atoms with Gasteiger partial charge >= 0.3 is 0 Å². The van der Waals surface area contributed by atoms with Gasteiger partial charge in [0.25, 0.3) is 0 Å². The van der Waals surface area contributed by atoms with E-state index in [-0.39, 0.29) is 5.91 Å². The van der Waals surface area contributed by atoms with Crippen LogP contribution in [0.15, 0.2) is 18.2 Å². The molecular formula is C16H24N2O. The molecule has 0 aromatic heterocycles. The Bertz CT molecular complexity index is 442. The molecule has 0 unspecified atom stereocenters. The molecule has 0 saturated carbocycles. The first-order valence-electron chi connectivity index (χ1n) is 7.41. The Labute approximate surface area is 115 Å². The van der Waals surface area contributed by atoms with Gasteiger partial charge in [0, 0.05) is 24.3 Å². The molecular weight excluding hydrogens is 236 g/mol. The van der Waals surface area contributed by atoms with E-state index in [9.17, 15) is 4.79 Å². The van der Waals surface area contributed by atoms with Crippen molar-refractivity contribution in [3.8, 4) is 0 Å². The Balaban J connectivity index is 2.02. The van der Waals surface area contributed by atoms with Crippen molar-refractivity contribution >= 4 is 17.3 Å². The highest BCUT2D eigenvalue weighted by atomic mass is 16.2. The molecule has 3 heteroatoms. The number of fused-ring (bicyclic) bond motifs is 1. The number of benzene rings is 1. The van der Waals surface area contributed by atoms with Crippen LogP contribution in [0.2, 0.25) is 0 Å². The van der Waals surface area contributed by atoms with E-state index in [4.69, 9.17) is 5.73 Å². The van der Waals surface area contributed by atoms with Crippen LogP contribution in [0.5, 0.6) is 0 Å². The molecule has 1 aliphatic rings. The largest absolute Gasteiger partial charge is 0.398 e. The molecule has 1 amide bonds. The number of amides is 1. The van der Waals surface area contributed by atoms with Crippen molar-refractivity contribution < 1.29 is 4.79 Å². The minimum absolute atomic E-state index is 0.252. The summed E-state index contributed by atoms with van der Waals surface area (Å²) in [6.07, 6.45) is 7.24. The van der Waals surface area contributed by atoms with E-state index in [0.717, 1.165) is 49.2 Å². The summed E-state index contributed by atoms with van der Waals surface area (Å²) in [6.45, 7) is 3.02. The number of carbonyl (C=O) groups excluding carboxylic acids is 1. The lowest BCUT2D eigenvalue weighted by Gasteiger charge is -2.30. The van der Waals surface area contributed by atoms with Crippen molar-refractivity contribution in [1.82, 2.24) is 0 Å². The van der Waals surface area contributed by atoms with Gasteiger partial charge in [-0.1, -0.05) is 32.3 Å². The van der Waals surface area contributed by atoms with Crippen LogP contribution in [0.3, 0.4) is 0 Å². The maximum Gasteiger partial charge on any atom is 0.226 e. The van der Waals surface area contributed by atoms with Crippen molar-refractivity contribution in [1.29, 1.82) is 0 Å². The third-order valence-corrected chi connectivity index (χ3v) is 3.83. The zero-order valence-corrected chi connectivity index (χ0v) is 11.8. The summed E-state index contributed by atoms with van der Waals surface area (Å²) < 4.78 is 0. The standard InChI is InChI=1S/C16H24N2O/c1-2-3-4-5-11-16(19)18-12-7-8-13-14(17)9-6-10-15(13)18/h6,9-10H,2-5,7-8,11-12,17H2,1H3. The number of anilines is 2. The van der Waals surface area contributed by atoms with Crippen LogP contribution in [0.25, 0.3) is 0 Å². The Morgan fingerprint density at radius 1 is 1.32 bits per heavy atom. The van der Waals surface area contributed by atoms with Crippen LogP contribution in [0, 0.1) is 0 Å². The molecule has 0 atom stereocenters. The molecule has 2 rings (SSSR count). The Morgan fingerprint density at radius 3 is 2.95 bits per heavy atom. The lowest BCUT2D eigenvalue weighted by Crippen LogP contribution is -2.35. The molecule has 1 aromatic carbocycles. The lowest BCUT2D eigenvalue weighted by atomic mass is 9.99. The lowest BCUT2D eigenvalue weighted by molar-refractivity contribution is -0.118. The fraction of sp³-hybridized carbons (Fsp3) is 0.562. The zero-order chi connectivity index (χ0) is 13.7. The second kappa shape index (κ2) is 6.60. The number of nitrogens with two attached hydrogens (primary N) is 1. The number of nitrogens with zero attached hydrogens (tertiary/aromatic N) is 1. The summed E-state index contributed by atoms with van der Waals surface area (Å²) in [5.41, 5.74) is 9.01. The fourth-order valence-electron chi connectivity index (χ4n) is 2.75. The molecule has 19 heavy (non-hydrogen) atoms. The van der Waals surface area contributed by atoms with E-state index in [0.29, 0.717) is 6.42 Å². The number of rotatable bonds is 5. The third-order valence-electron chi connectivity index (χ3n) is 3.83. The van der Waals surface area contributed by atoms with Crippen LogP contribution >= 0.6 is 0 Å². The number of carbonyl (C=O) groups is 1. The van der Waals surface area contributed by atoms with Gasteiger partial charge < -0.3 is 10.6 Å². The Hall–Kier alpha value is -1.51. The maximum atomic E-state index is 12.3. The van der Waals surface area contributed by atoms with Gasteiger partial charge in [-0.3, -0.25) is 4.79 Å². The molecule has 1 aliphatic heterocycles. The highest BCUT2D eigenvalue weighted by Crippen LogP contribution is 2.31. The molecule has 0 aliphatic carbocycles. The summed E-state index contributed by atoms with van der Waals surface area (Å²) in [5.74, 6) is 0.252. The van der Waals surface area contributed by atoms with E-state index < -0.39 is 0 Å². The quantitative estimate of drug-likeness (QED) is 0.650. The SMILES string of the molecule is CCCCCCC(=O)N1CCCc2c(N)cccc21. The summed E-state index contributed by atoms with van der Waals surface area (Å²) in [4.78, 5) is 14.3. The molecule has 0 radical (unpaired) electrons. The van der Waals surface area contributed by atoms with Gasteiger partial charge in [-0.2, -0.15) is 0 Å². The molecule has 3 nitrogen and oxygen atoms in total. The van der Waals surface area contributed by atoms with E-state index in [1.165, 1.54) is 12.8 Å². The van der Waals surface area contributed by atoms with Crippen LogP contribution in [-0.2, 0) is 11.2 Å². The van der Waals surface area contributed by atoms with Crippen molar-refractivity contribution in [2.45, 2.75) is 51.9 Å². The van der Waals surface area contributed by atoms with Crippen molar-refractivity contribution in [2.75, 3.05) is 17.2 Å². The molecule has 0 spiro atoms. The molecule has 0 fully saturated rings. The second-order valence-corrected chi connectivity index (χ2v) is 5.30. The zero-order valence-electron chi connectivity index (χ0n) is 11.8. The van der Waals surface area contributed by atoms with Crippen LogP contribution in [-0.4, -0.2) is 12.5 Å². The summed E-state index contributed by atoms with van der Waals surface area (Å²) in [7, 11) is 0. The summed E-state index contributed by atoms with van der Waals surface area (Å²) >= 11 is 0. The first kappa shape index (κ1) is 13.9. The fourth-order valence-corrected chi connectivity index (χ4v) is 2.75. The Morgan fingerprint density at radius 2 is 2.16 bits per heavy atom. The van der Waals surface area contributed by atoms with Gasteiger partial charge in [-0.15, -0.1) is 0 Å². The molecule has 2 N–H and O–H groups in total. The molecule has 104 valence electrons. The van der Waals surface area contributed by atoms with Gasteiger partial charge in [0.1, 0.15) is 0 Å². The van der Waals surface area contributed by atoms with Crippen LogP contribution in [0.1, 0.15) is 51.0 Å². The monoisotopic (exact) mass is 260 g/mol. The predicted molar refractivity (Wildman–Crippen MR) is 80.3 cm³/mol. The van der Waals surface area contributed by atoms with Crippen LogP contribution in [0.4, 0.5) is 11.4 Å². The third kappa shape index (κ3) is 3.28. The molecule has 1 heterocycles. The average Bonchev–Trinajstić information content (AvgIpc) is 2.43. The highest BCUT2D eigenvalue weighted by molar-refractivity contribution is 5.95. The minimum atomic E-state index is 0.252. The van der Waals surface area contributed by atoms with Gasteiger partial charge in [-0.25, -0.2) is 0 Å². The van der Waals surface area contributed by atoms with Crippen molar-refractivity contribution in [2.24, 2.45) is 0 Å². The van der Waals surface area contributed by atoms with Crippen molar-refractivity contribution in [3.05, 3.63) is 23.8 Å². The van der Waals surface area contributed by atoms with Gasteiger partial charge in [0.05, 0.1) is 0 Å². The summed E-state index contributed by atoms with van der Waals surface area (Å²) in [5, 5.41) is 0. The minimum Gasteiger partial charge on any atom is -0.398 e.